The summed E-state index contributed by atoms with van der Waals surface area (Å²) in [6.07, 6.45) is 3.80. The van der Waals surface area contributed by atoms with Gasteiger partial charge in [0.25, 0.3) is 0 Å². The molecule has 1 N–H and O–H groups in total. The van der Waals surface area contributed by atoms with Crippen LogP contribution >= 0.6 is 7.21 Å². The van der Waals surface area contributed by atoms with E-state index in [0.717, 1.165) is 10.6 Å². The second kappa shape index (κ2) is 5.87. The molecular weight excluding hydrogens is 255 g/mol. The molecule has 92 valence electrons. The van der Waals surface area contributed by atoms with E-state index in [1.807, 2.05) is 73.0 Å². The fourth-order valence-corrected chi connectivity index (χ4v) is 4.17. The van der Waals surface area contributed by atoms with E-state index < -0.39 is 7.21 Å². The van der Waals surface area contributed by atoms with Crippen molar-refractivity contribution in [2.24, 2.45) is 4.74 Å². The van der Waals surface area contributed by atoms with Crippen LogP contribution in [0.3, 0.4) is 0 Å². The Bertz CT molecular complexity index is 637. The number of rotatable bonds is 3. The first-order valence-corrected chi connectivity index (χ1v) is 7.35. The largest absolute Gasteiger partial charge is 0.281 e. The van der Waals surface area contributed by atoms with Crippen molar-refractivity contribution in [1.29, 1.82) is 10.5 Å². The van der Waals surface area contributed by atoms with Crippen LogP contribution < -0.4 is 15.7 Å². The molecule has 0 aromatic heterocycles. The van der Waals surface area contributed by atoms with Crippen LogP contribution in [0.5, 0.6) is 0 Å². The molecule has 19 heavy (non-hydrogen) atoms. The Kier molecular flexibility index (Phi) is 3.98. The van der Waals surface area contributed by atoms with Gasteiger partial charge in [0.15, 0.2) is 6.19 Å². The van der Waals surface area contributed by atoms with Gasteiger partial charge in [0.05, 0.1) is 0 Å². The van der Waals surface area contributed by atoms with Crippen LogP contribution in [0.25, 0.3) is 0 Å². The predicted octanol–water partition coefficient (Wildman–Crippen LogP) is 2.31. The molecule has 0 spiro atoms. The summed E-state index contributed by atoms with van der Waals surface area (Å²) >= 11 is 0. The molecule has 0 aliphatic heterocycles. The van der Waals surface area contributed by atoms with Crippen molar-refractivity contribution in [1.82, 2.24) is 5.09 Å². The number of hydrogen-bond acceptors (Lipinski definition) is 3. The van der Waals surface area contributed by atoms with Gasteiger partial charge in [-0.25, -0.2) is 0 Å². The van der Waals surface area contributed by atoms with Crippen LogP contribution in [-0.4, -0.2) is 0 Å². The number of nitriles is 2. The molecule has 0 fully saturated rings. The number of benzene rings is 2. The number of nitrogens with one attached hydrogen (secondary N) is 1. The summed E-state index contributed by atoms with van der Waals surface area (Å²) in [6, 6.07) is 18.8. The highest BCUT2D eigenvalue weighted by molar-refractivity contribution is 7.79. The Morgan fingerprint density at radius 3 is 1.68 bits per heavy atom. The first-order valence-electron chi connectivity index (χ1n) is 5.61. The van der Waals surface area contributed by atoms with Crippen LogP contribution in [-0.2, 0) is 0 Å². The highest BCUT2D eigenvalue weighted by Crippen LogP contribution is 2.42. The van der Waals surface area contributed by atoms with Gasteiger partial charge in [0.1, 0.15) is 7.21 Å². The van der Waals surface area contributed by atoms with Gasteiger partial charge in [-0.15, -0.1) is 0 Å². The molecule has 0 bridgehead atoms. The fourth-order valence-electron chi connectivity index (χ4n) is 1.85. The molecule has 0 aliphatic rings. The molecule has 2 aromatic carbocycles. The first kappa shape index (κ1) is 12.9. The summed E-state index contributed by atoms with van der Waals surface area (Å²) in [5, 5.41) is 22.5. The standard InChI is InChI=1S/C14H11N4P/c15-11-17-19(18-12-16,13-7-3-1-4-8-13)14-9-5-2-6-10-14/h1-10,17H. The second-order valence-electron chi connectivity index (χ2n) is 3.73. The van der Waals surface area contributed by atoms with E-state index in [9.17, 15) is 0 Å². The van der Waals surface area contributed by atoms with Crippen molar-refractivity contribution in [2.45, 2.75) is 0 Å². The molecule has 2 aromatic rings. The lowest BCUT2D eigenvalue weighted by Gasteiger charge is -2.21. The smallest absolute Gasteiger partial charge is 0.206 e. The Balaban J connectivity index is 2.75. The Morgan fingerprint density at radius 1 is 0.842 bits per heavy atom. The summed E-state index contributed by atoms with van der Waals surface area (Å²) in [7, 11) is -2.55. The summed E-state index contributed by atoms with van der Waals surface area (Å²) in [4.78, 5) is 0. The molecule has 0 aliphatic carbocycles. The molecule has 2 rings (SSSR count). The quantitative estimate of drug-likeness (QED) is 0.526. The molecule has 0 heterocycles. The van der Waals surface area contributed by atoms with Crippen molar-refractivity contribution < 1.29 is 0 Å². The minimum atomic E-state index is -2.55. The molecule has 0 saturated carbocycles. The van der Waals surface area contributed by atoms with Crippen LogP contribution in [0.1, 0.15) is 0 Å². The zero-order chi connectivity index (χ0) is 13.6. The molecule has 0 unspecified atom stereocenters. The van der Waals surface area contributed by atoms with E-state index in [0.29, 0.717) is 0 Å². The van der Waals surface area contributed by atoms with E-state index in [2.05, 4.69) is 9.83 Å². The third-order valence-corrected chi connectivity index (χ3v) is 5.57. The Labute approximate surface area is 112 Å². The molecular formula is C14H11N4P. The Morgan fingerprint density at radius 2 is 1.32 bits per heavy atom. The molecule has 0 saturated heterocycles. The summed E-state index contributed by atoms with van der Waals surface area (Å²) < 4.78 is 4.07. The van der Waals surface area contributed by atoms with Gasteiger partial charge in [-0.3, -0.25) is 5.09 Å². The van der Waals surface area contributed by atoms with Crippen LogP contribution in [0.4, 0.5) is 0 Å². The molecule has 4 nitrogen and oxygen atoms in total. The van der Waals surface area contributed by atoms with Crippen molar-refractivity contribution >= 4 is 17.8 Å². The Hall–Kier alpha value is -2.55. The van der Waals surface area contributed by atoms with E-state index in [-0.39, 0.29) is 0 Å². The molecule has 5 heteroatoms. The lowest BCUT2D eigenvalue weighted by molar-refractivity contribution is 1.32. The third-order valence-electron chi connectivity index (χ3n) is 2.67. The predicted molar refractivity (Wildman–Crippen MR) is 75.9 cm³/mol. The molecule has 0 radical (unpaired) electrons. The first-order chi connectivity index (χ1) is 9.33. The van der Waals surface area contributed by atoms with Gasteiger partial charge in [-0.1, -0.05) is 60.7 Å². The number of hydrogen-bond donors (Lipinski definition) is 1. The minimum absolute atomic E-state index is 0.851. The number of nitrogens with zero attached hydrogens (tertiary/aromatic N) is 3. The zero-order valence-corrected chi connectivity index (χ0v) is 11.0. The van der Waals surface area contributed by atoms with Crippen LogP contribution in [0, 0.1) is 22.9 Å². The zero-order valence-electron chi connectivity index (χ0n) is 10.1. The van der Waals surface area contributed by atoms with Crippen molar-refractivity contribution in [3.05, 3.63) is 60.7 Å². The summed E-state index contributed by atoms with van der Waals surface area (Å²) in [6.45, 7) is 0. The normalized spacial score (nSPS) is 10.0. The third kappa shape index (κ3) is 2.50. The average molecular weight is 266 g/mol. The van der Waals surface area contributed by atoms with E-state index in [1.54, 1.807) is 0 Å². The fraction of sp³-hybridized carbons (Fsp3) is 0. The van der Waals surface area contributed by atoms with Gasteiger partial charge in [0, 0.05) is 10.6 Å². The van der Waals surface area contributed by atoms with Crippen LogP contribution in [0.2, 0.25) is 0 Å². The monoisotopic (exact) mass is 266 g/mol. The SMILES string of the molecule is N#CN=P(NC#N)(c1ccccc1)c1ccccc1. The van der Waals surface area contributed by atoms with Gasteiger partial charge < -0.3 is 0 Å². The average Bonchev–Trinajstić information content (AvgIpc) is 2.49. The van der Waals surface area contributed by atoms with Crippen molar-refractivity contribution in [3.8, 4) is 12.4 Å². The van der Waals surface area contributed by atoms with Gasteiger partial charge in [-0.05, 0) is 0 Å². The summed E-state index contributed by atoms with van der Waals surface area (Å²) in [5.41, 5.74) is 0. The minimum Gasteiger partial charge on any atom is -0.281 e. The highest BCUT2D eigenvalue weighted by atomic mass is 31.2. The topological polar surface area (TPSA) is 72.0 Å². The second-order valence-corrected chi connectivity index (χ2v) is 6.46. The van der Waals surface area contributed by atoms with Crippen LogP contribution in [0.15, 0.2) is 65.4 Å². The molecule has 0 atom stereocenters. The highest BCUT2D eigenvalue weighted by Gasteiger charge is 2.24. The van der Waals surface area contributed by atoms with Crippen molar-refractivity contribution in [2.75, 3.05) is 0 Å². The maximum absolute atomic E-state index is 9.05. The van der Waals surface area contributed by atoms with Gasteiger partial charge >= 0.3 is 0 Å². The van der Waals surface area contributed by atoms with E-state index in [4.69, 9.17) is 10.5 Å². The summed E-state index contributed by atoms with van der Waals surface area (Å²) in [5.74, 6) is 0. The lowest BCUT2D eigenvalue weighted by Crippen LogP contribution is -2.24. The maximum atomic E-state index is 9.05. The van der Waals surface area contributed by atoms with Gasteiger partial charge in [-0.2, -0.15) is 15.3 Å². The lowest BCUT2D eigenvalue weighted by atomic mass is 10.4. The maximum Gasteiger partial charge on any atom is 0.206 e. The van der Waals surface area contributed by atoms with E-state index in [1.165, 1.54) is 0 Å². The molecule has 0 amide bonds. The van der Waals surface area contributed by atoms with Crippen molar-refractivity contribution in [3.63, 3.8) is 0 Å². The van der Waals surface area contributed by atoms with Gasteiger partial charge in [0.2, 0.25) is 6.19 Å². The van der Waals surface area contributed by atoms with E-state index >= 15 is 0 Å².